The van der Waals surface area contributed by atoms with Crippen molar-refractivity contribution in [3.8, 4) is 0 Å². The fraction of sp³-hybridized carbons (Fsp3) is 0.267. The molecular formula is C15H16FN3O2S. The standard InChI is InChI=1S/C15H16FN3O2S/c1-10-14(22-9-19-10)15(21)18-7-6-17-13(20)8-11-2-4-12(16)5-3-11/h2-5,9H,6-8H2,1H3,(H,17,20)(H,18,21). The molecule has 2 aromatic rings. The van der Waals surface area contributed by atoms with Gasteiger partial charge in [0.15, 0.2) is 0 Å². The lowest BCUT2D eigenvalue weighted by Gasteiger charge is -2.07. The number of hydrogen-bond acceptors (Lipinski definition) is 4. The third kappa shape index (κ3) is 4.63. The van der Waals surface area contributed by atoms with Gasteiger partial charge in [-0.3, -0.25) is 9.59 Å². The first kappa shape index (κ1) is 16.1. The summed E-state index contributed by atoms with van der Waals surface area (Å²) in [6.45, 7) is 2.45. The molecule has 2 amide bonds. The molecule has 7 heteroatoms. The van der Waals surface area contributed by atoms with Crippen molar-refractivity contribution in [2.45, 2.75) is 13.3 Å². The van der Waals surface area contributed by atoms with Crippen molar-refractivity contribution >= 4 is 23.2 Å². The van der Waals surface area contributed by atoms with Gasteiger partial charge in [0.1, 0.15) is 10.7 Å². The number of hydrogen-bond donors (Lipinski definition) is 2. The Balaban J connectivity index is 1.68. The second-order valence-corrected chi connectivity index (χ2v) is 5.53. The van der Waals surface area contributed by atoms with Crippen LogP contribution < -0.4 is 10.6 Å². The first-order chi connectivity index (χ1) is 10.6. The van der Waals surface area contributed by atoms with E-state index in [1.54, 1.807) is 24.6 Å². The maximum atomic E-state index is 12.7. The highest BCUT2D eigenvalue weighted by atomic mass is 32.1. The Morgan fingerprint density at radius 1 is 1.18 bits per heavy atom. The average molecular weight is 321 g/mol. The molecular weight excluding hydrogens is 305 g/mol. The van der Waals surface area contributed by atoms with E-state index in [0.29, 0.717) is 23.7 Å². The van der Waals surface area contributed by atoms with Gasteiger partial charge < -0.3 is 10.6 Å². The van der Waals surface area contributed by atoms with Crippen molar-refractivity contribution in [2.75, 3.05) is 13.1 Å². The topological polar surface area (TPSA) is 71.1 Å². The maximum absolute atomic E-state index is 12.7. The summed E-state index contributed by atoms with van der Waals surface area (Å²) < 4.78 is 12.7. The van der Waals surface area contributed by atoms with Crippen LogP contribution in [-0.2, 0) is 11.2 Å². The lowest BCUT2D eigenvalue weighted by Crippen LogP contribution is -2.35. The van der Waals surface area contributed by atoms with E-state index in [2.05, 4.69) is 15.6 Å². The molecule has 1 heterocycles. The Bertz CT molecular complexity index is 655. The van der Waals surface area contributed by atoms with Crippen molar-refractivity contribution in [1.29, 1.82) is 0 Å². The molecule has 0 atom stereocenters. The number of nitrogens with zero attached hydrogens (tertiary/aromatic N) is 1. The summed E-state index contributed by atoms with van der Waals surface area (Å²) in [6, 6.07) is 5.78. The number of aryl methyl sites for hydroxylation is 1. The molecule has 0 unspecified atom stereocenters. The van der Waals surface area contributed by atoms with E-state index in [1.165, 1.54) is 23.5 Å². The minimum atomic E-state index is -0.328. The second-order valence-electron chi connectivity index (χ2n) is 4.68. The molecule has 0 spiro atoms. The highest BCUT2D eigenvalue weighted by molar-refractivity contribution is 7.11. The molecule has 116 valence electrons. The number of rotatable bonds is 6. The highest BCUT2D eigenvalue weighted by Gasteiger charge is 2.10. The van der Waals surface area contributed by atoms with Crippen LogP contribution in [0.1, 0.15) is 20.9 Å². The number of carbonyl (C=O) groups excluding carboxylic acids is 2. The molecule has 0 saturated carbocycles. The lowest BCUT2D eigenvalue weighted by molar-refractivity contribution is -0.120. The zero-order chi connectivity index (χ0) is 15.9. The predicted molar refractivity (Wildman–Crippen MR) is 82.3 cm³/mol. The van der Waals surface area contributed by atoms with Crippen LogP contribution in [0.2, 0.25) is 0 Å². The van der Waals surface area contributed by atoms with E-state index in [0.717, 1.165) is 5.56 Å². The first-order valence-corrected chi connectivity index (χ1v) is 7.63. The number of aromatic nitrogens is 1. The van der Waals surface area contributed by atoms with Gasteiger partial charge in [-0.2, -0.15) is 0 Å². The summed E-state index contributed by atoms with van der Waals surface area (Å²) in [7, 11) is 0. The van der Waals surface area contributed by atoms with Crippen LogP contribution in [0, 0.1) is 12.7 Å². The number of thiazole rings is 1. The number of nitrogens with one attached hydrogen (secondary N) is 2. The van der Waals surface area contributed by atoms with Crippen molar-refractivity contribution in [3.63, 3.8) is 0 Å². The highest BCUT2D eigenvalue weighted by Crippen LogP contribution is 2.11. The molecule has 22 heavy (non-hydrogen) atoms. The normalized spacial score (nSPS) is 10.3. The SMILES string of the molecule is Cc1ncsc1C(=O)NCCNC(=O)Cc1ccc(F)cc1. The predicted octanol–water partition coefficient (Wildman–Crippen LogP) is 1.68. The molecule has 0 bridgehead atoms. The Morgan fingerprint density at radius 3 is 2.50 bits per heavy atom. The molecule has 1 aromatic carbocycles. The molecule has 0 aliphatic carbocycles. The van der Waals surface area contributed by atoms with Gasteiger partial charge in [0.25, 0.3) is 5.91 Å². The summed E-state index contributed by atoms with van der Waals surface area (Å²) in [4.78, 5) is 28.1. The quantitative estimate of drug-likeness (QED) is 0.795. The van der Waals surface area contributed by atoms with Gasteiger partial charge in [0.05, 0.1) is 17.6 Å². The van der Waals surface area contributed by atoms with Crippen LogP contribution in [0.15, 0.2) is 29.8 Å². The Kier molecular flexibility index (Phi) is 5.60. The van der Waals surface area contributed by atoms with Gasteiger partial charge in [-0.15, -0.1) is 11.3 Å². The minimum absolute atomic E-state index is 0.171. The van der Waals surface area contributed by atoms with E-state index < -0.39 is 0 Å². The Labute approximate surface area is 131 Å². The van der Waals surface area contributed by atoms with Crippen LogP contribution >= 0.6 is 11.3 Å². The van der Waals surface area contributed by atoms with E-state index in [1.807, 2.05) is 0 Å². The van der Waals surface area contributed by atoms with Gasteiger partial charge in [-0.05, 0) is 24.6 Å². The van der Waals surface area contributed by atoms with E-state index in [9.17, 15) is 14.0 Å². The molecule has 2 N–H and O–H groups in total. The van der Waals surface area contributed by atoms with Crippen LogP contribution in [0.3, 0.4) is 0 Å². The van der Waals surface area contributed by atoms with Crippen molar-refractivity contribution < 1.29 is 14.0 Å². The van der Waals surface area contributed by atoms with Crippen LogP contribution in [-0.4, -0.2) is 29.9 Å². The zero-order valence-electron chi connectivity index (χ0n) is 12.1. The molecule has 0 aliphatic rings. The summed E-state index contributed by atoms with van der Waals surface area (Å²) in [5.41, 5.74) is 3.06. The third-order valence-corrected chi connectivity index (χ3v) is 3.89. The minimum Gasteiger partial charge on any atom is -0.354 e. The monoisotopic (exact) mass is 321 g/mol. The fourth-order valence-electron chi connectivity index (χ4n) is 1.83. The zero-order valence-corrected chi connectivity index (χ0v) is 12.9. The molecule has 0 radical (unpaired) electrons. The number of benzene rings is 1. The number of carbonyl (C=O) groups is 2. The molecule has 0 saturated heterocycles. The Hall–Kier alpha value is -2.28. The molecule has 0 fully saturated rings. The van der Waals surface area contributed by atoms with Crippen LogP contribution in [0.4, 0.5) is 4.39 Å². The number of amides is 2. The van der Waals surface area contributed by atoms with Gasteiger partial charge in [-0.1, -0.05) is 12.1 Å². The summed E-state index contributed by atoms with van der Waals surface area (Å²) in [6.07, 6.45) is 0.183. The summed E-state index contributed by atoms with van der Waals surface area (Å²) >= 11 is 1.28. The van der Waals surface area contributed by atoms with Crippen molar-refractivity contribution in [1.82, 2.24) is 15.6 Å². The second kappa shape index (κ2) is 7.65. The van der Waals surface area contributed by atoms with Crippen molar-refractivity contribution in [3.05, 3.63) is 51.7 Å². The van der Waals surface area contributed by atoms with E-state index in [-0.39, 0.29) is 24.1 Å². The average Bonchev–Trinajstić information content (AvgIpc) is 2.92. The summed E-state index contributed by atoms with van der Waals surface area (Å²) in [5.74, 6) is -0.687. The van der Waals surface area contributed by atoms with Gasteiger partial charge >= 0.3 is 0 Å². The molecule has 2 rings (SSSR count). The largest absolute Gasteiger partial charge is 0.354 e. The molecule has 0 aliphatic heterocycles. The maximum Gasteiger partial charge on any atom is 0.263 e. The Morgan fingerprint density at radius 2 is 1.86 bits per heavy atom. The van der Waals surface area contributed by atoms with E-state index >= 15 is 0 Å². The van der Waals surface area contributed by atoms with Gasteiger partial charge in [0, 0.05) is 13.1 Å². The third-order valence-electron chi connectivity index (χ3n) is 2.96. The first-order valence-electron chi connectivity index (χ1n) is 6.75. The molecule has 1 aromatic heterocycles. The summed E-state index contributed by atoms with van der Waals surface area (Å²) in [5, 5.41) is 5.42. The van der Waals surface area contributed by atoms with Gasteiger partial charge in [0.2, 0.25) is 5.91 Å². The fourth-order valence-corrected chi connectivity index (χ4v) is 2.55. The van der Waals surface area contributed by atoms with E-state index in [4.69, 9.17) is 0 Å². The van der Waals surface area contributed by atoms with Crippen LogP contribution in [0.25, 0.3) is 0 Å². The van der Waals surface area contributed by atoms with Gasteiger partial charge in [-0.25, -0.2) is 9.37 Å². The number of halogens is 1. The lowest BCUT2D eigenvalue weighted by atomic mass is 10.1. The van der Waals surface area contributed by atoms with Crippen LogP contribution in [0.5, 0.6) is 0 Å². The molecule has 5 nitrogen and oxygen atoms in total. The van der Waals surface area contributed by atoms with Crippen molar-refractivity contribution in [2.24, 2.45) is 0 Å². The smallest absolute Gasteiger partial charge is 0.263 e.